The Morgan fingerprint density at radius 2 is 1.76 bits per heavy atom. The average molecular weight is 392 g/mol. The molecule has 8 nitrogen and oxygen atoms in total. The molecule has 3 N–H and O–H groups in total. The third kappa shape index (κ3) is 4.32. The van der Waals surface area contributed by atoms with Crippen molar-refractivity contribution in [3.05, 3.63) is 81.0 Å². The first-order valence-corrected chi connectivity index (χ1v) is 9.00. The number of hydrogen-bond donors (Lipinski definition) is 3. The molecule has 148 valence electrons. The average Bonchev–Trinajstić information content (AvgIpc) is 2.68. The predicted octanol–water partition coefficient (Wildman–Crippen LogP) is 2.72. The van der Waals surface area contributed by atoms with Crippen LogP contribution in [0.3, 0.4) is 0 Å². The lowest BCUT2D eigenvalue weighted by Crippen LogP contribution is -2.33. The van der Waals surface area contributed by atoms with E-state index in [1.54, 1.807) is 61.5 Å². The Morgan fingerprint density at radius 1 is 1.10 bits per heavy atom. The summed E-state index contributed by atoms with van der Waals surface area (Å²) in [5.41, 5.74) is 0.373. The summed E-state index contributed by atoms with van der Waals surface area (Å²) in [7, 11) is 0. The fraction of sp³-hybridized carbons (Fsp3) is 0.143. The zero-order valence-electron chi connectivity index (χ0n) is 16.0. The van der Waals surface area contributed by atoms with Gasteiger partial charge in [-0.3, -0.25) is 19.6 Å². The molecule has 3 rings (SSSR count). The van der Waals surface area contributed by atoms with Crippen molar-refractivity contribution in [2.24, 2.45) is 4.99 Å². The van der Waals surface area contributed by atoms with Gasteiger partial charge in [0.05, 0.1) is 17.1 Å². The molecule has 1 heterocycles. The van der Waals surface area contributed by atoms with Gasteiger partial charge in [0.1, 0.15) is 5.56 Å². The van der Waals surface area contributed by atoms with Crippen LogP contribution in [-0.4, -0.2) is 26.3 Å². The second-order valence-electron chi connectivity index (χ2n) is 6.27. The normalized spacial score (nSPS) is 11.3. The number of benzene rings is 2. The number of nitrogens with zero attached hydrogens (tertiary/aromatic N) is 2. The van der Waals surface area contributed by atoms with Gasteiger partial charge in [0.15, 0.2) is 0 Å². The van der Waals surface area contributed by atoms with Crippen molar-refractivity contribution >= 4 is 23.0 Å². The van der Waals surface area contributed by atoms with E-state index in [0.29, 0.717) is 29.2 Å². The number of anilines is 1. The second-order valence-corrected chi connectivity index (χ2v) is 6.27. The number of aromatic hydroxyl groups is 1. The summed E-state index contributed by atoms with van der Waals surface area (Å²) >= 11 is 0. The lowest BCUT2D eigenvalue weighted by molar-refractivity contribution is -0.114. The SMILES string of the molecule is CCC(=Nc1ccc(NC(C)=O)cc1)c1c(O)n(-c2ccccc2)c(=O)[nH]c1=O. The largest absolute Gasteiger partial charge is 0.493 e. The first kappa shape index (κ1) is 19.8. The highest BCUT2D eigenvalue weighted by Crippen LogP contribution is 2.22. The molecule has 3 aromatic rings. The zero-order valence-corrected chi connectivity index (χ0v) is 16.0. The molecule has 0 saturated heterocycles. The van der Waals surface area contributed by atoms with Gasteiger partial charge in [-0.05, 0) is 42.8 Å². The van der Waals surface area contributed by atoms with Crippen molar-refractivity contribution in [2.45, 2.75) is 20.3 Å². The van der Waals surface area contributed by atoms with E-state index in [1.807, 2.05) is 0 Å². The first-order chi connectivity index (χ1) is 13.9. The van der Waals surface area contributed by atoms with E-state index < -0.39 is 17.1 Å². The van der Waals surface area contributed by atoms with Crippen molar-refractivity contribution in [3.8, 4) is 11.6 Å². The third-order valence-electron chi connectivity index (χ3n) is 4.18. The number of aromatic nitrogens is 2. The number of aliphatic imine (C=N–C) groups is 1. The summed E-state index contributed by atoms with van der Waals surface area (Å²) in [6.07, 6.45) is 0.344. The summed E-state index contributed by atoms with van der Waals surface area (Å²) in [5, 5.41) is 13.4. The topological polar surface area (TPSA) is 117 Å². The van der Waals surface area contributed by atoms with Crippen LogP contribution in [0.25, 0.3) is 5.69 Å². The fourth-order valence-electron chi connectivity index (χ4n) is 2.89. The number of amides is 1. The molecule has 0 aliphatic carbocycles. The predicted molar refractivity (Wildman–Crippen MR) is 112 cm³/mol. The van der Waals surface area contributed by atoms with Gasteiger partial charge in [-0.15, -0.1) is 0 Å². The Morgan fingerprint density at radius 3 is 2.34 bits per heavy atom. The number of rotatable bonds is 5. The number of para-hydroxylation sites is 1. The molecule has 0 fully saturated rings. The maximum atomic E-state index is 12.5. The molecule has 0 radical (unpaired) electrons. The molecule has 8 heteroatoms. The number of carbonyl (C=O) groups excluding carboxylic acids is 1. The van der Waals surface area contributed by atoms with E-state index >= 15 is 0 Å². The molecule has 2 aromatic carbocycles. The van der Waals surface area contributed by atoms with Gasteiger partial charge in [0, 0.05) is 12.6 Å². The minimum Gasteiger partial charge on any atom is -0.493 e. The lowest BCUT2D eigenvalue weighted by atomic mass is 10.1. The number of carbonyl (C=O) groups is 1. The summed E-state index contributed by atoms with van der Waals surface area (Å²) in [5.74, 6) is -0.657. The van der Waals surface area contributed by atoms with E-state index in [0.717, 1.165) is 4.57 Å². The van der Waals surface area contributed by atoms with Crippen LogP contribution < -0.4 is 16.6 Å². The smallest absolute Gasteiger partial charge is 0.335 e. The van der Waals surface area contributed by atoms with Crippen molar-refractivity contribution in [3.63, 3.8) is 0 Å². The molecule has 0 atom stereocenters. The van der Waals surface area contributed by atoms with Crippen LogP contribution in [0.1, 0.15) is 25.8 Å². The summed E-state index contributed by atoms with van der Waals surface area (Å²) in [6, 6.07) is 15.2. The lowest BCUT2D eigenvalue weighted by Gasteiger charge is -2.12. The van der Waals surface area contributed by atoms with Gasteiger partial charge in [0.2, 0.25) is 11.8 Å². The Kier molecular flexibility index (Phi) is 5.73. The number of H-pyrrole nitrogens is 1. The molecular weight excluding hydrogens is 372 g/mol. The first-order valence-electron chi connectivity index (χ1n) is 9.00. The molecule has 0 aliphatic heterocycles. The quantitative estimate of drug-likeness (QED) is 0.579. The highest BCUT2D eigenvalue weighted by Gasteiger charge is 2.19. The Labute approximate surface area is 166 Å². The maximum absolute atomic E-state index is 12.5. The van der Waals surface area contributed by atoms with Crippen LogP contribution in [0.15, 0.2) is 69.2 Å². The Bertz CT molecular complexity index is 1180. The van der Waals surface area contributed by atoms with Gasteiger partial charge in [-0.2, -0.15) is 0 Å². The van der Waals surface area contributed by atoms with E-state index in [1.165, 1.54) is 6.92 Å². The Balaban J connectivity index is 2.10. The van der Waals surface area contributed by atoms with Crippen molar-refractivity contribution < 1.29 is 9.90 Å². The van der Waals surface area contributed by atoms with Gasteiger partial charge in [-0.1, -0.05) is 25.1 Å². The number of aromatic amines is 1. The molecular formula is C21H20N4O4. The van der Waals surface area contributed by atoms with E-state index in [4.69, 9.17) is 0 Å². The second kappa shape index (κ2) is 8.39. The summed E-state index contributed by atoms with van der Waals surface area (Å²) < 4.78 is 1.03. The van der Waals surface area contributed by atoms with Gasteiger partial charge >= 0.3 is 5.69 Å². The fourth-order valence-corrected chi connectivity index (χ4v) is 2.89. The van der Waals surface area contributed by atoms with Crippen molar-refractivity contribution in [1.82, 2.24) is 9.55 Å². The monoisotopic (exact) mass is 392 g/mol. The highest BCUT2D eigenvalue weighted by atomic mass is 16.3. The summed E-state index contributed by atoms with van der Waals surface area (Å²) in [6.45, 7) is 3.21. The van der Waals surface area contributed by atoms with Crippen LogP contribution in [-0.2, 0) is 4.79 Å². The number of hydrogen-bond acceptors (Lipinski definition) is 5. The molecule has 1 aromatic heterocycles. The third-order valence-corrected chi connectivity index (χ3v) is 4.18. The van der Waals surface area contributed by atoms with Crippen molar-refractivity contribution in [2.75, 3.05) is 5.32 Å². The minimum absolute atomic E-state index is 0.0677. The summed E-state index contributed by atoms with van der Waals surface area (Å²) in [4.78, 5) is 42.6. The van der Waals surface area contributed by atoms with Crippen molar-refractivity contribution in [1.29, 1.82) is 0 Å². The van der Waals surface area contributed by atoms with E-state index in [9.17, 15) is 19.5 Å². The zero-order chi connectivity index (χ0) is 21.0. The van der Waals surface area contributed by atoms with Gasteiger partial charge < -0.3 is 10.4 Å². The van der Waals surface area contributed by atoms with Crippen LogP contribution in [0.4, 0.5) is 11.4 Å². The highest BCUT2D eigenvalue weighted by molar-refractivity contribution is 6.03. The van der Waals surface area contributed by atoms with E-state index in [2.05, 4.69) is 15.3 Å². The number of nitrogens with one attached hydrogen (secondary N) is 2. The minimum atomic E-state index is -0.738. The van der Waals surface area contributed by atoms with Gasteiger partial charge in [0.25, 0.3) is 5.56 Å². The van der Waals surface area contributed by atoms with Crippen LogP contribution in [0.2, 0.25) is 0 Å². The van der Waals surface area contributed by atoms with Crippen LogP contribution in [0.5, 0.6) is 5.88 Å². The molecule has 0 unspecified atom stereocenters. The molecule has 1 amide bonds. The van der Waals surface area contributed by atoms with E-state index in [-0.39, 0.29) is 11.5 Å². The maximum Gasteiger partial charge on any atom is 0.335 e. The molecule has 29 heavy (non-hydrogen) atoms. The van der Waals surface area contributed by atoms with Crippen LogP contribution >= 0.6 is 0 Å². The van der Waals surface area contributed by atoms with Gasteiger partial charge in [-0.25, -0.2) is 9.36 Å². The molecule has 0 saturated carbocycles. The molecule has 0 aliphatic rings. The van der Waals surface area contributed by atoms with Crippen LogP contribution in [0, 0.1) is 0 Å². The Hall–Kier alpha value is -3.94. The molecule has 0 bridgehead atoms. The standard InChI is InChI=1S/C21H20N4O4/c1-3-17(23-15-11-9-14(10-12-15)22-13(2)26)18-19(27)24-21(29)25(20(18)28)16-7-5-4-6-8-16/h4-12,28H,3H2,1-2H3,(H,22,26)(H,24,27,29). The molecule has 0 spiro atoms.